The lowest BCUT2D eigenvalue weighted by Gasteiger charge is -2.01. The van der Waals surface area contributed by atoms with Gasteiger partial charge < -0.3 is 4.57 Å². The van der Waals surface area contributed by atoms with Crippen LogP contribution in [0.1, 0.15) is 11.4 Å². The SMILES string of the molecule is Cc1c(CC#N)nc(-c2ccccn2)n1C. The molecule has 0 unspecified atom stereocenters. The van der Waals surface area contributed by atoms with E-state index in [-0.39, 0.29) is 0 Å². The Morgan fingerprint density at radius 3 is 2.88 bits per heavy atom. The first-order valence-electron chi connectivity index (χ1n) is 5.04. The van der Waals surface area contributed by atoms with E-state index in [1.807, 2.05) is 36.7 Å². The Morgan fingerprint density at radius 2 is 2.25 bits per heavy atom. The van der Waals surface area contributed by atoms with Crippen molar-refractivity contribution in [2.75, 3.05) is 0 Å². The normalized spacial score (nSPS) is 10.1. The summed E-state index contributed by atoms with van der Waals surface area (Å²) >= 11 is 0. The molecule has 0 aliphatic carbocycles. The van der Waals surface area contributed by atoms with Gasteiger partial charge in [-0.2, -0.15) is 5.26 Å². The van der Waals surface area contributed by atoms with Gasteiger partial charge in [0.15, 0.2) is 5.82 Å². The van der Waals surface area contributed by atoms with E-state index in [2.05, 4.69) is 16.0 Å². The van der Waals surface area contributed by atoms with Crippen molar-refractivity contribution < 1.29 is 0 Å². The van der Waals surface area contributed by atoms with Gasteiger partial charge in [0, 0.05) is 18.9 Å². The van der Waals surface area contributed by atoms with Crippen LogP contribution in [-0.2, 0) is 13.5 Å². The Morgan fingerprint density at radius 1 is 1.44 bits per heavy atom. The zero-order valence-corrected chi connectivity index (χ0v) is 9.31. The van der Waals surface area contributed by atoms with Gasteiger partial charge in [-0.1, -0.05) is 6.07 Å². The quantitative estimate of drug-likeness (QED) is 0.763. The highest BCUT2D eigenvalue weighted by molar-refractivity contribution is 5.51. The van der Waals surface area contributed by atoms with Crippen LogP contribution >= 0.6 is 0 Å². The largest absolute Gasteiger partial charge is 0.330 e. The van der Waals surface area contributed by atoms with Crippen molar-refractivity contribution in [3.63, 3.8) is 0 Å². The number of hydrogen-bond donors (Lipinski definition) is 0. The van der Waals surface area contributed by atoms with Gasteiger partial charge in [0.25, 0.3) is 0 Å². The van der Waals surface area contributed by atoms with Crippen molar-refractivity contribution in [2.45, 2.75) is 13.3 Å². The van der Waals surface area contributed by atoms with Crippen LogP contribution < -0.4 is 0 Å². The lowest BCUT2D eigenvalue weighted by molar-refractivity contribution is 0.874. The molecule has 2 aromatic heterocycles. The summed E-state index contributed by atoms with van der Waals surface area (Å²) in [5.74, 6) is 0.809. The van der Waals surface area contributed by atoms with Crippen molar-refractivity contribution in [1.29, 1.82) is 5.26 Å². The highest BCUT2D eigenvalue weighted by Gasteiger charge is 2.12. The van der Waals surface area contributed by atoms with E-state index >= 15 is 0 Å². The highest BCUT2D eigenvalue weighted by atomic mass is 15.1. The molecule has 2 heterocycles. The van der Waals surface area contributed by atoms with Crippen molar-refractivity contribution in [3.8, 4) is 17.6 Å². The van der Waals surface area contributed by atoms with Gasteiger partial charge in [0.2, 0.25) is 0 Å². The Bertz CT molecular complexity index is 534. The van der Waals surface area contributed by atoms with Gasteiger partial charge in [-0.15, -0.1) is 0 Å². The zero-order chi connectivity index (χ0) is 11.5. The Hall–Kier alpha value is -2.15. The van der Waals surface area contributed by atoms with E-state index in [1.165, 1.54) is 0 Å². The van der Waals surface area contributed by atoms with E-state index in [1.54, 1.807) is 6.20 Å². The average molecular weight is 212 g/mol. The van der Waals surface area contributed by atoms with Crippen LogP contribution in [0.4, 0.5) is 0 Å². The van der Waals surface area contributed by atoms with Gasteiger partial charge in [-0.25, -0.2) is 4.98 Å². The average Bonchev–Trinajstić information content (AvgIpc) is 2.59. The molecule has 0 aliphatic heterocycles. The van der Waals surface area contributed by atoms with Crippen LogP contribution in [0, 0.1) is 18.3 Å². The van der Waals surface area contributed by atoms with E-state index < -0.39 is 0 Å². The Labute approximate surface area is 94.2 Å². The summed E-state index contributed by atoms with van der Waals surface area (Å²) in [6.45, 7) is 1.96. The number of nitriles is 1. The molecule has 4 heteroatoms. The summed E-state index contributed by atoms with van der Waals surface area (Å²) in [4.78, 5) is 8.71. The van der Waals surface area contributed by atoms with Gasteiger partial charge >= 0.3 is 0 Å². The lowest BCUT2D eigenvalue weighted by atomic mass is 10.3. The maximum atomic E-state index is 8.70. The molecule has 0 saturated heterocycles. The molecule has 2 rings (SSSR count). The fraction of sp³-hybridized carbons (Fsp3) is 0.250. The summed E-state index contributed by atoms with van der Waals surface area (Å²) in [5.41, 5.74) is 2.67. The molecular weight excluding hydrogens is 200 g/mol. The summed E-state index contributed by atoms with van der Waals surface area (Å²) in [5, 5.41) is 8.70. The Balaban J connectivity index is 2.52. The van der Waals surface area contributed by atoms with E-state index in [0.717, 1.165) is 22.9 Å². The maximum Gasteiger partial charge on any atom is 0.158 e. The molecular formula is C12H12N4. The fourth-order valence-electron chi connectivity index (χ4n) is 1.60. The monoisotopic (exact) mass is 212 g/mol. The first-order valence-corrected chi connectivity index (χ1v) is 5.04. The first-order chi connectivity index (χ1) is 7.74. The molecule has 0 atom stereocenters. The van der Waals surface area contributed by atoms with Crippen molar-refractivity contribution in [3.05, 3.63) is 35.8 Å². The third kappa shape index (κ3) is 1.68. The van der Waals surface area contributed by atoms with E-state index in [0.29, 0.717) is 6.42 Å². The number of rotatable bonds is 2. The fourth-order valence-corrected chi connectivity index (χ4v) is 1.60. The minimum atomic E-state index is 0.340. The van der Waals surface area contributed by atoms with Crippen LogP contribution in [0.25, 0.3) is 11.5 Å². The third-order valence-corrected chi connectivity index (χ3v) is 2.62. The molecule has 16 heavy (non-hydrogen) atoms. The molecule has 0 aromatic carbocycles. The number of aromatic nitrogens is 3. The Kier molecular flexibility index (Phi) is 2.69. The second-order valence-corrected chi connectivity index (χ2v) is 3.58. The smallest absolute Gasteiger partial charge is 0.158 e. The molecule has 4 nitrogen and oxygen atoms in total. The van der Waals surface area contributed by atoms with Gasteiger partial charge in [-0.05, 0) is 19.1 Å². The molecule has 0 amide bonds. The van der Waals surface area contributed by atoms with Crippen LogP contribution in [0.3, 0.4) is 0 Å². The molecule has 0 saturated carbocycles. The summed E-state index contributed by atoms with van der Waals surface area (Å²) in [6, 6.07) is 7.83. The molecule has 0 bridgehead atoms. The number of nitrogens with zero attached hydrogens (tertiary/aromatic N) is 4. The number of imidazole rings is 1. The zero-order valence-electron chi connectivity index (χ0n) is 9.31. The predicted molar refractivity (Wildman–Crippen MR) is 60.5 cm³/mol. The highest BCUT2D eigenvalue weighted by Crippen LogP contribution is 2.18. The second-order valence-electron chi connectivity index (χ2n) is 3.58. The van der Waals surface area contributed by atoms with Crippen molar-refractivity contribution in [1.82, 2.24) is 14.5 Å². The van der Waals surface area contributed by atoms with Crippen LogP contribution in [0.2, 0.25) is 0 Å². The summed E-state index contributed by atoms with van der Waals surface area (Å²) < 4.78 is 1.97. The second kappa shape index (κ2) is 4.15. The van der Waals surface area contributed by atoms with E-state index in [4.69, 9.17) is 5.26 Å². The molecule has 2 aromatic rings. The van der Waals surface area contributed by atoms with Crippen LogP contribution in [0.5, 0.6) is 0 Å². The number of pyridine rings is 1. The molecule has 0 radical (unpaired) electrons. The standard InChI is InChI=1S/C12H12N4/c1-9-10(6-7-13)15-12(16(9)2)11-5-3-4-8-14-11/h3-5,8H,6H2,1-2H3. The molecule has 80 valence electrons. The van der Waals surface area contributed by atoms with Gasteiger partial charge in [0.1, 0.15) is 5.69 Å². The summed E-state index contributed by atoms with van der Waals surface area (Å²) in [7, 11) is 1.94. The first kappa shape index (κ1) is 10.4. The molecule has 0 fully saturated rings. The maximum absolute atomic E-state index is 8.70. The third-order valence-electron chi connectivity index (χ3n) is 2.62. The predicted octanol–water partition coefficient (Wildman–Crippen LogP) is 1.86. The molecule has 0 spiro atoms. The summed E-state index contributed by atoms with van der Waals surface area (Å²) in [6.07, 6.45) is 2.08. The lowest BCUT2D eigenvalue weighted by Crippen LogP contribution is -1.96. The minimum absolute atomic E-state index is 0.340. The minimum Gasteiger partial charge on any atom is -0.330 e. The molecule has 0 aliphatic rings. The van der Waals surface area contributed by atoms with E-state index in [9.17, 15) is 0 Å². The van der Waals surface area contributed by atoms with Crippen LogP contribution in [-0.4, -0.2) is 14.5 Å². The van der Waals surface area contributed by atoms with Gasteiger partial charge in [0.05, 0.1) is 18.2 Å². The van der Waals surface area contributed by atoms with Gasteiger partial charge in [-0.3, -0.25) is 4.98 Å². The topological polar surface area (TPSA) is 54.5 Å². The van der Waals surface area contributed by atoms with Crippen molar-refractivity contribution >= 4 is 0 Å². The van der Waals surface area contributed by atoms with Crippen molar-refractivity contribution in [2.24, 2.45) is 7.05 Å². The number of hydrogen-bond acceptors (Lipinski definition) is 3. The van der Waals surface area contributed by atoms with Crippen LogP contribution in [0.15, 0.2) is 24.4 Å². The molecule has 0 N–H and O–H groups in total.